The molecular weight excluding hydrogens is 380 g/mol. The fourth-order valence-corrected chi connectivity index (χ4v) is 2.61. The van der Waals surface area contributed by atoms with Crippen molar-refractivity contribution >= 4 is 29.3 Å². The minimum atomic E-state index is -0.576. The monoisotopic (exact) mass is 400 g/mol. The van der Waals surface area contributed by atoms with Gasteiger partial charge in [0.2, 0.25) is 0 Å². The smallest absolute Gasteiger partial charge is 0.266 e. The van der Waals surface area contributed by atoms with Gasteiger partial charge < -0.3 is 19.5 Å². The van der Waals surface area contributed by atoms with Crippen LogP contribution in [0.1, 0.15) is 19.4 Å². The van der Waals surface area contributed by atoms with Gasteiger partial charge in [-0.3, -0.25) is 4.79 Å². The zero-order chi connectivity index (χ0) is 20.7. The highest BCUT2D eigenvalue weighted by Crippen LogP contribution is 2.36. The van der Waals surface area contributed by atoms with Crippen molar-refractivity contribution in [1.82, 2.24) is 0 Å². The minimum absolute atomic E-state index is 0.0616. The van der Waals surface area contributed by atoms with Crippen molar-refractivity contribution in [3.8, 4) is 23.3 Å². The summed E-state index contributed by atoms with van der Waals surface area (Å²) >= 11 is 6.07. The van der Waals surface area contributed by atoms with Gasteiger partial charge in [-0.05, 0) is 37.6 Å². The van der Waals surface area contributed by atoms with E-state index in [1.54, 1.807) is 24.3 Å². The number of hydrogen-bond acceptors (Lipinski definition) is 5. The van der Waals surface area contributed by atoms with Gasteiger partial charge in [0.15, 0.2) is 0 Å². The van der Waals surface area contributed by atoms with E-state index in [0.717, 1.165) is 0 Å². The van der Waals surface area contributed by atoms with Crippen LogP contribution < -0.4 is 19.5 Å². The summed E-state index contributed by atoms with van der Waals surface area (Å²) in [5.41, 5.74) is 0.979. The van der Waals surface area contributed by atoms with Gasteiger partial charge in [0, 0.05) is 12.1 Å². The third kappa shape index (κ3) is 5.41. The molecule has 0 unspecified atom stereocenters. The first-order valence-corrected chi connectivity index (χ1v) is 8.87. The Morgan fingerprint density at radius 2 is 1.79 bits per heavy atom. The molecule has 2 aromatic rings. The molecule has 28 heavy (non-hydrogen) atoms. The molecule has 0 heterocycles. The third-order valence-corrected chi connectivity index (χ3v) is 3.95. The molecule has 0 aliphatic carbocycles. The molecule has 146 valence electrons. The number of nitrogens with one attached hydrogen (secondary N) is 1. The van der Waals surface area contributed by atoms with E-state index >= 15 is 0 Å². The van der Waals surface area contributed by atoms with Crippen molar-refractivity contribution in [3.63, 3.8) is 0 Å². The normalized spacial score (nSPS) is 11.0. The fourth-order valence-electron chi connectivity index (χ4n) is 2.38. The topological polar surface area (TPSA) is 80.6 Å². The number of amides is 1. The van der Waals surface area contributed by atoms with Crippen LogP contribution in [0.3, 0.4) is 0 Å². The zero-order valence-electron chi connectivity index (χ0n) is 16.1. The van der Waals surface area contributed by atoms with Gasteiger partial charge in [-0.2, -0.15) is 5.26 Å². The Labute approximate surface area is 169 Å². The van der Waals surface area contributed by atoms with Crippen LogP contribution in [0.2, 0.25) is 5.02 Å². The second-order valence-corrected chi connectivity index (χ2v) is 6.45. The van der Waals surface area contributed by atoms with Crippen LogP contribution in [0, 0.1) is 11.3 Å². The maximum atomic E-state index is 12.6. The molecular formula is C21H21ClN2O4. The lowest BCUT2D eigenvalue weighted by molar-refractivity contribution is -0.112. The Kier molecular flexibility index (Phi) is 7.30. The lowest BCUT2D eigenvalue weighted by Gasteiger charge is -2.13. The van der Waals surface area contributed by atoms with Crippen LogP contribution in [-0.4, -0.2) is 26.2 Å². The number of carbonyl (C=O) groups is 1. The summed E-state index contributed by atoms with van der Waals surface area (Å²) in [6, 6.07) is 12.1. The van der Waals surface area contributed by atoms with Crippen molar-refractivity contribution in [2.75, 3.05) is 19.5 Å². The summed E-state index contributed by atoms with van der Waals surface area (Å²) in [5.74, 6) is 0.869. The van der Waals surface area contributed by atoms with Gasteiger partial charge in [-0.25, -0.2) is 0 Å². The maximum Gasteiger partial charge on any atom is 0.266 e. The molecule has 0 spiro atoms. The van der Waals surface area contributed by atoms with Crippen molar-refractivity contribution < 1.29 is 19.0 Å². The van der Waals surface area contributed by atoms with E-state index in [4.69, 9.17) is 25.8 Å². The van der Waals surface area contributed by atoms with E-state index in [1.165, 1.54) is 32.4 Å². The highest BCUT2D eigenvalue weighted by Gasteiger charge is 2.15. The summed E-state index contributed by atoms with van der Waals surface area (Å²) in [7, 11) is 2.92. The van der Waals surface area contributed by atoms with E-state index in [0.29, 0.717) is 33.5 Å². The minimum Gasteiger partial charge on any atom is -0.495 e. The highest BCUT2D eigenvalue weighted by atomic mass is 35.5. The van der Waals surface area contributed by atoms with Gasteiger partial charge >= 0.3 is 0 Å². The Balaban J connectivity index is 2.24. The number of halogens is 1. The van der Waals surface area contributed by atoms with Crippen LogP contribution >= 0.6 is 11.6 Å². The summed E-state index contributed by atoms with van der Waals surface area (Å²) in [6.45, 7) is 3.87. The highest BCUT2D eigenvalue weighted by molar-refractivity contribution is 6.32. The molecule has 0 saturated carbocycles. The first-order valence-electron chi connectivity index (χ1n) is 8.49. The van der Waals surface area contributed by atoms with Crippen LogP contribution in [0.5, 0.6) is 17.2 Å². The molecule has 2 aromatic carbocycles. The Hall–Kier alpha value is -3.17. The Morgan fingerprint density at radius 3 is 2.32 bits per heavy atom. The number of anilines is 1. The second-order valence-electron chi connectivity index (χ2n) is 6.05. The standard InChI is InChI=1S/C21H21ClN2O4/c1-13(2)28-16-7-5-14(6-8-16)9-15(12-23)21(25)24-18-11-19(26-3)17(22)10-20(18)27-4/h5-11,13H,1-4H3,(H,24,25)/b15-9+. The molecule has 2 rings (SSSR count). The van der Waals surface area contributed by atoms with Crippen molar-refractivity contribution in [1.29, 1.82) is 5.26 Å². The van der Waals surface area contributed by atoms with Crippen LogP contribution in [0.25, 0.3) is 6.08 Å². The average Bonchev–Trinajstić information content (AvgIpc) is 2.67. The average molecular weight is 401 g/mol. The van der Waals surface area contributed by atoms with Crippen LogP contribution in [0.4, 0.5) is 5.69 Å². The number of ether oxygens (including phenoxy) is 3. The lowest BCUT2D eigenvalue weighted by Crippen LogP contribution is -2.14. The molecule has 0 aliphatic heterocycles. The molecule has 0 saturated heterocycles. The predicted molar refractivity (Wildman–Crippen MR) is 109 cm³/mol. The van der Waals surface area contributed by atoms with E-state index in [-0.39, 0.29) is 11.7 Å². The van der Waals surface area contributed by atoms with E-state index in [9.17, 15) is 10.1 Å². The number of rotatable bonds is 7. The number of methoxy groups -OCH3 is 2. The Bertz CT molecular complexity index is 915. The lowest BCUT2D eigenvalue weighted by atomic mass is 10.1. The molecule has 0 bridgehead atoms. The van der Waals surface area contributed by atoms with Gasteiger partial charge in [-0.15, -0.1) is 0 Å². The molecule has 7 heteroatoms. The van der Waals surface area contributed by atoms with Gasteiger partial charge in [-0.1, -0.05) is 23.7 Å². The molecule has 1 amide bonds. The van der Waals surface area contributed by atoms with Crippen molar-refractivity contribution in [2.45, 2.75) is 20.0 Å². The number of nitrogens with zero attached hydrogens (tertiary/aromatic N) is 1. The van der Waals surface area contributed by atoms with Gasteiger partial charge in [0.1, 0.15) is 28.9 Å². The van der Waals surface area contributed by atoms with E-state index < -0.39 is 5.91 Å². The summed E-state index contributed by atoms with van der Waals surface area (Å²) in [6.07, 6.45) is 1.56. The summed E-state index contributed by atoms with van der Waals surface area (Å²) in [5, 5.41) is 12.4. The van der Waals surface area contributed by atoms with Crippen LogP contribution in [-0.2, 0) is 4.79 Å². The summed E-state index contributed by atoms with van der Waals surface area (Å²) in [4.78, 5) is 12.6. The predicted octanol–water partition coefficient (Wildman–Crippen LogP) is 4.69. The molecule has 0 aromatic heterocycles. The largest absolute Gasteiger partial charge is 0.495 e. The molecule has 0 aliphatic rings. The van der Waals surface area contributed by atoms with Gasteiger partial charge in [0.05, 0.1) is 31.0 Å². The van der Waals surface area contributed by atoms with Gasteiger partial charge in [0.25, 0.3) is 5.91 Å². The second kappa shape index (κ2) is 9.67. The quantitative estimate of drug-likeness (QED) is 0.538. The zero-order valence-corrected chi connectivity index (χ0v) is 16.8. The Morgan fingerprint density at radius 1 is 1.14 bits per heavy atom. The number of nitriles is 1. The van der Waals surface area contributed by atoms with Crippen molar-refractivity contribution in [3.05, 3.63) is 52.6 Å². The fraction of sp³-hybridized carbons (Fsp3) is 0.238. The summed E-state index contributed by atoms with van der Waals surface area (Å²) < 4.78 is 16.0. The SMILES string of the molecule is COc1cc(NC(=O)/C(C#N)=C/c2ccc(OC(C)C)cc2)c(OC)cc1Cl. The molecule has 0 radical (unpaired) electrons. The van der Waals surface area contributed by atoms with E-state index in [2.05, 4.69) is 5.32 Å². The first kappa shape index (κ1) is 21.1. The molecule has 6 nitrogen and oxygen atoms in total. The maximum absolute atomic E-state index is 12.6. The molecule has 0 atom stereocenters. The van der Waals surface area contributed by atoms with Crippen LogP contribution in [0.15, 0.2) is 42.0 Å². The molecule has 0 fully saturated rings. The number of hydrogen-bond donors (Lipinski definition) is 1. The van der Waals surface area contributed by atoms with E-state index in [1.807, 2.05) is 19.9 Å². The number of benzene rings is 2. The first-order chi connectivity index (χ1) is 13.4. The third-order valence-electron chi connectivity index (χ3n) is 3.65. The number of carbonyl (C=O) groups excluding carboxylic acids is 1. The van der Waals surface area contributed by atoms with Crippen molar-refractivity contribution in [2.24, 2.45) is 0 Å². The molecule has 1 N–H and O–H groups in total.